The molecule has 1 aromatic rings. The summed E-state index contributed by atoms with van der Waals surface area (Å²) in [4.78, 5) is 32.5. The molecule has 21 heavy (non-hydrogen) atoms. The maximum absolute atomic E-state index is 12.0. The average Bonchev–Trinajstić information content (AvgIpc) is 3.16. The van der Waals surface area contributed by atoms with Gasteiger partial charge in [-0.2, -0.15) is 0 Å². The van der Waals surface area contributed by atoms with Crippen molar-refractivity contribution < 1.29 is 24.4 Å². The molecule has 2 N–H and O–H groups in total. The van der Waals surface area contributed by atoms with E-state index in [1.54, 1.807) is 4.57 Å². The van der Waals surface area contributed by atoms with Crippen LogP contribution in [0.4, 0.5) is 5.69 Å². The van der Waals surface area contributed by atoms with Crippen molar-refractivity contribution in [3.8, 4) is 0 Å². The third-order valence-electron chi connectivity index (χ3n) is 2.98. The maximum Gasteiger partial charge on any atom is 0.329 e. The van der Waals surface area contributed by atoms with Crippen molar-refractivity contribution in [2.45, 2.75) is 18.9 Å². The van der Waals surface area contributed by atoms with Crippen molar-refractivity contribution in [2.24, 2.45) is 0 Å². The zero-order valence-electron chi connectivity index (χ0n) is 11.2. The molecule has 0 atom stereocenters. The number of nitrogens with one attached hydrogen (secondary N) is 1. The molecule has 9 nitrogen and oxygen atoms in total. The minimum atomic E-state index is -1.08. The SMILES string of the molecule is O=C(O)COCCNC(=O)c1cc([N+](=O)[O-])cn1C1CC1. The van der Waals surface area contributed by atoms with Gasteiger partial charge in [0.2, 0.25) is 0 Å². The van der Waals surface area contributed by atoms with Crippen molar-refractivity contribution in [3.63, 3.8) is 0 Å². The van der Waals surface area contributed by atoms with Crippen LogP contribution >= 0.6 is 0 Å². The molecule has 0 aromatic carbocycles. The van der Waals surface area contributed by atoms with Gasteiger partial charge >= 0.3 is 5.97 Å². The monoisotopic (exact) mass is 297 g/mol. The normalized spacial score (nSPS) is 13.9. The highest BCUT2D eigenvalue weighted by Crippen LogP contribution is 2.37. The van der Waals surface area contributed by atoms with Crippen LogP contribution in [-0.4, -0.2) is 46.2 Å². The average molecular weight is 297 g/mol. The van der Waals surface area contributed by atoms with E-state index < -0.39 is 23.4 Å². The lowest BCUT2D eigenvalue weighted by Crippen LogP contribution is -2.29. The van der Waals surface area contributed by atoms with E-state index >= 15 is 0 Å². The Morgan fingerprint density at radius 3 is 2.81 bits per heavy atom. The molecule has 1 saturated carbocycles. The fraction of sp³-hybridized carbons (Fsp3) is 0.500. The van der Waals surface area contributed by atoms with E-state index in [-0.39, 0.29) is 30.6 Å². The van der Waals surface area contributed by atoms with Crippen LogP contribution in [-0.2, 0) is 9.53 Å². The van der Waals surface area contributed by atoms with E-state index in [9.17, 15) is 19.7 Å². The highest BCUT2D eigenvalue weighted by Gasteiger charge is 2.30. The zero-order chi connectivity index (χ0) is 15.4. The predicted molar refractivity (Wildman–Crippen MR) is 70.1 cm³/mol. The number of ether oxygens (including phenoxy) is 1. The van der Waals surface area contributed by atoms with E-state index in [0.29, 0.717) is 0 Å². The number of nitro groups is 1. The number of rotatable bonds is 8. The van der Waals surface area contributed by atoms with Crippen molar-refractivity contribution in [1.29, 1.82) is 0 Å². The van der Waals surface area contributed by atoms with Crippen LogP contribution < -0.4 is 5.32 Å². The number of hydrogen-bond acceptors (Lipinski definition) is 5. The van der Waals surface area contributed by atoms with Crippen LogP contribution in [0.1, 0.15) is 29.4 Å². The summed E-state index contributed by atoms with van der Waals surface area (Å²) < 4.78 is 6.40. The quantitative estimate of drug-likeness (QED) is 0.410. The fourth-order valence-corrected chi connectivity index (χ4v) is 1.89. The van der Waals surface area contributed by atoms with Gasteiger partial charge in [-0.05, 0) is 12.8 Å². The molecule has 1 heterocycles. The summed E-state index contributed by atoms with van der Waals surface area (Å²) in [6.45, 7) is -0.236. The summed E-state index contributed by atoms with van der Waals surface area (Å²) in [5, 5.41) is 21.7. The van der Waals surface area contributed by atoms with Crippen LogP contribution in [0.3, 0.4) is 0 Å². The minimum Gasteiger partial charge on any atom is -0.480 e. The molecule has 114 valence electrons. The van der Waals surface area contributed by atoms with Gasteiger partial charge in [-0.3, -0.25) is 14.9 Å². The maximum atomic E-state index is 12.0. The molecule has 0 saturated heterocycles. The highest BCUT2D eigenvalue weighted by molar-refractivity contribution is 5.93. The number of carboxylic acid groups (broad SMARTS) is 1. The number of carbonyl (C=O) groups is 2. The molecule has 0 radical (unpaired) electrons. The van der Waals surface area contributed by atoms with Crippen molar-refractivity contribution >= 4 is 17.6 Å². The Balaban J connectivity index is 1.92. The molecule has 1 fully saturated rings. The van der Waals surface area contributed by atoms with Gasteiger partial charge in [-0.1, -0.05) is 0 Å². The summed E-state index contributed by atoms with van der Waals surface area (Å²) >= 11 is 0. The van der Waals surface area contributed by atoms with Gasteiger partial charge in [-0.25, -0.2) is 4.79 Å². The summed E-state index contributed by atoms with van der Waals surface area (Å²) in [7, 11) is 0. The summed E-state index contributed by atoms with van der Waals surface area (Å²) in [5.74, 6) is -1.52. The Hall–Kier alpha value is -2.42. The standard InChI is InChI=1S/C12H15N3O6/c16-11(17)7-21-4-3-13-12(18)10-5-9(15(19)20)6-14(10)8-1-2-8/h5-6,8H,1-4,7H2,(H,13,18)(H,16,17). The Kier molecular flexibility index (Phi) is 4.53. The van der Waals surface area contributed by atoms with Crippen LogP contribution in [0, 0.1) is 10.1 Å². The van der Waals surface area contributed by atoms with Crippen LogP contribution in [0.15, 0.2) is 12.3 Å². The molecule has 0 unspecified atom stereocenters. The molecular formula is C12H15N3O6. The van der Waals surface area contributed by atoms with Gasteiger partial charge in [0.05, 0.1) is 17.7 Å². The zero-order valence-corrected chi connectivity index (χ0v) is 11.2. The molecule has 0 bridgehead atoms. The van der Waals surface area contributed by atoms with Gasteiger partial charge in [0, 0.05) is 18.7 Å². The van der Waals surface area contributed by atoms with Gasteiger partial charge < -0.3 is 19.7 Å². The van der Waals surface area contributed by atoms with Crippen molar-refractivity contribution in [2.75, 3.05) is 19.8 Å². The molecular weight excluding hydrogens is 282 g/mol. The predicted octanol–water partition coefficient (Wildman–Crippen LogP) is 0.562. The fourth-order valence-electron chi connectivity index (χ4n) is 1.89. The van der Waals surface area contributed by atoms with Crippen molar-refractivity contribution in [1.82, 2.24) is 9.88 Å². The first-order valence-electron chi connectivity index (χ1n) is 6.43. The Morgan fingerprint density at radius 1 is 1.52 bits per heavy atom. The number of nitrogens with zero attached hydrogens (tertiary/aromatic N) is 2. The van der Waals surface area contributed by atoms with Crippen LogP contribution in [0.25, 0.3) is 0 Å². The van der Waals surface area contributed by atoms with E-state index in [1.807, 2.05) is 0 Å². The van der Waals surface area contributed by atoms with Gasteiger partial charge in [0.25, 0.3) is 11.6 Å². The lowest BCUT2D eigenvalue weighted by Gasteiger charge is -2.08. The van der Waals surface area contributed by atoms with Gasteiger partial charge in [0.15, 0.2) is 0 Å². The first-order chi connectivity index (χ1) is 9.99. The van der Waals surface area contributed by atoms with Crippen LogP contribution in [0.2, 0.25) is 0 Å². The Bertz CT molecular complexity index is 563. The molecule has 1 aliphatic carbocycles. The third-order valence-corrected chi connectivity index (χ3v) is 2.98. The molecule has 1 aromatic heterocycles. The third kappa shape index (κ3) is 4.02. The van der Waals surface area contributed by atoms with E-state index in [2.05, 4.69) is 5.32 Å². The molecule has 0 spiro atoms. The number of amides is 1. The Morgan fingerprint density at radius 2 is 2.24 bits per heavy atom. The number of hydrogen-bond donors (Lipinski definition) is 2. The second-order valence-electron chi connectivity index (χ2n) is 4.68. The molecule has 9 heteroatoms. The lowest BCUT2D eigenvalue weighted by atomic mass is 10.3. The number of carbonyl (C=O) groups excluding carboxylic acids is 1. The first-order valence-corrected chi connectivity index (χ1v) is 6.43. The number of carboxylic acids is 1. The second-order valence-corrected chi connectivity index (χ2v) is 4.68. The van der Waals surface area contributed by atoms with Gasteiger partial charge in [-0.15, -0.1) is 0 Å². The van der Waals surface area contributed by atoms with Crippen LogP contribution in [0.5, 0.6) is 0 Å². The number of aliphatic carboxylic acids is 1. The van der Waals surface area contributed by atoms with Crippen molar-refractivity contribution in [3.05, 3.63) is 28.1 Å². The topological polar surface area (TPSA) is 124 Å². The molecule has 1 aliphatic rings. The highest BCUT2D eigenvalue weighted by atomic mass is 16.6. The summed E-state index contributed by atoms with van der Waals surface area (Å²) in [5.41, 5.74) is 0.122. The molecule has 1 amide bonds. The largest absolute Gasteiger partial charge is 0.480 e. The number of aromatic nitrogens is 1. The lowest BCUT2D eigenvalue weighted by molar-refractivity contribution is -0.384. The molecule has 0 aliphatic heterocycles. The second kappa shape index (κ2) is 6.35. The van der Waals surface area contributed by atoms with E-state index in [4.69, 9.17) is 9.84 Å². The van der Waals surface area contributed by atoms with E-state index in [0.717, 1.165) is 12.8 Å². The van der Waals surface area contributed by atoms with Gasteiger partial charge in [0.1, 0.15) is 12.3 Å². The Labute approximate surface area is 119 Å². The summed E-state index contributed by atoms with van der Waals surface area (Å²) in [6, 6.07) is 1.38. The minimum absolute atomic E-state index is 0.0598. The van der Waals surface area contributed by atoms with E-state index in [1.165, 1.54) is 12.3 Å². The smallest absolute Gasteiger partial charge is 0.329 e. The first kappa shape index (κ1) is 15.0. The molecule has 2 rings (SSSR count). The summed E-state index contributed by atoms with van der Waals surface area (Å²) in [6.07, 6.45) is 3.16.